The van der Waals surface area contributed by atoms with E-state index in [1.807, 2.05) is 0 Å². The Kier molecular flexibility index (Phi) is 3.46. The molecule has 4 heteroatoms. The third-order valence-electron chi connectivity index (χ3n) is 3.85. The molecule has 0 bridgehead atoms. The molecule has 2 aromatic rings. The SMILES string of the molecule is CC1CCCC(CNc2ncnc3ccsc23)C1. The van der Waals surface area contributed by atoms with Crippen LogP contribution in [0.4, 0.5) is 5.82 Å². The first-order valence-corrected chi connectivity index (χ1v) is 7.63. The second kappa shape index (κ2) is 5.22. The number of nitrogens with zero attached hydrogens (tertiary/aromatic N) is 2. The molecule has 1 N–H and O–H groups in total. The molecule has 3 nitrogen and oxygen atoms in total. The fourth-order valence-electron chi connectivity index (χ4n) is 2.90. The van der Waals surface area contributed by atoms with Crippen LogP contribution in [0.15, 0.2) is 17.8 Å². The van der Waals surface area contributed by atoms with Crippen molar-refractivity contribution < 1.29 is 0 Å². The minimum Gasteiger partial charge on any atom is -0.369 e. The maximum absolute atomic E-state index is 4.37. The summed E-state index contributed by atoms with van der Waals surface area (Å²) in [7, 11) is 0. The van der Waals surface area contributed by atoms with Gasteiger partial charge in [-0.15, -0.1) is 11.3 Å². The Hall–Kier alpha value is -1.16. The van der Waals surface area contributed by atoms with Crippen LogP contribution >= 0.6 is 11.3 Å². The van der Waals surface area contributed by atoms with Gasteiger partial charge in [-0.1, -0.05) is 19.8 Å². The minimum absolute atomic E-state index is 0.804. The van der Waals surface area contributed by atoms with E-state index in [4.69, 9.17) is 0 Å². The molecule has 2 unspecified atom stereocenters. The van der Waals surface area contributed by atoms with Crippen LogP contribution in [0.5, 0.6) is 0 Å². The second-order valence-corrected chi connectivity index (χ2v) is 6.29. The van der Waals surface area contributed by atoms with Gasteiger partial charge in [0.15, 0.2) is 0 Å². The number of rotatable bonds is 3. The van der Waals surface area contributed by atoms with Crippen LogP contribution in [0.25, 0.3) is 10.2 Å². The van der Waals surface area contributed by atoms with Gasteiger partial charge in [-0.2, -0.15) is 0 Å². The van der Waals surface area contributed by atoms with Gasteiger partial charge in [-0.3, -0.25) is 0 Å². The van der Waals surface area contributed by atoms with Crippen molar-refractivity contribution in [1.29, 1.82) is 0 Å². The van der Waals surface area contributed by atoms with Gasteiger partial charge in [-0.25, -0.2) is 9.97 Å². The highest BCUT2D eigenvalue weighted by Crippen LogP contribution is 2.30. The van der Waals surface area contributed by atoms with Crippen LogP contribution in [-0.2, 0) is 0 Å². The number of hydrogen-bond acceptors (Lipinski definition) is 4. The van der Waals surface area contributed by atoms with Gasteiger partial charge in [-0.05, 0) is 36.1 Å². The molecule has 1 aliphatic carbocycles. The summed E-state index contributed by atoms with van der Waals surface area (Å²) in [6, 6.07) is 2.05. The standard InChI is InChI=1S/C14H19N3S/c1-10-3-2-4-11(7-10)8-15-14-13-12(5-6-18-13)16-9-17-14/h5-6,9-11H,2-4,7-8H2,1H3,(H,15,16,17). The van der Waals surface area contributed by atoms with Crippen LogP contribution in [0, 0.1) is 11.8 Å². The summed E-state index contributed by atoms with van der Waals surface area (Å²) in [6.07, 6.45) is 7.15. The van der Waals surface area contributed by atoms with Gasteiger partial charge in [0.1, 0.15) is 12.1 Å². The molecule has 1 fully saturated rings. The normalized spacial score (nSPS) is 24.3. The lowest BCUT2D eigenvalue weighted by molar-refractivity contribution is 0.293. The molecule has 2 heterocycles. The summed E-state index contributed by atoms with van der Waals surface area (Å²) in [4.78, 5) is 8.64. The zero-order chi connectivity index (χ0) is 12.4. The molecule has 0 amide bonds. The van der Waals surface area contributed by atoms with Crippen molar-refractivity contribution in [1.82, 2.24) is 9.97 Å². The Labute approximate surface area is 112 Å². The van der Waals surface area contributed by atoms with E-state index in [0.717, 1.165) is 29.7 Å². The largest absolute Gasteiger partial charge is 0.369 e. The molecule has 1 aliphatic rings. The Bertz CT molecular complexity index is 522. The molecule has 0 aromatic carbocycles. The maximum atomic E-state index is 4.37. The van der Waals surface area contributed by atoms with Crippen LogP contribution in [-0.4, -0.2) is 16.5 Å². The summed E-state index contributed by atoms with van der Waals surface area (Å²) in [5, 5.41) is 5.60. The second-order valence-electron chi connectivity index (χ2n) is 5.38. The molecular weight excluding hydrogens is 242 g/mol. The van der Waals surface area contributed by atoms with Crippen molar-refractivity contribution in [2.24, 2.45) is 11.8 Å². The monoisotopic (exact) mass is 261 g/mol. The number of thiophene rings is 1. The number of nitrogens with one attached hydrogen (secondary N) is 1. The first-order valence-electron chi connectivity index (χ1n) is 6.75. The lowest BCUT2D eigenvalue weighted by Gasteiger charge is -2.26. The van der Waals surface area contributed by atoms with E-state index in [0.29, 0.717) is 0 Å². The smallest absolute Gasteiger partial charge is 0.147 e. The van der Waals surface area contributed by atoms with Gasteiger partial charge < -0.3 is 5.32 Å². The van der Waals surface area contributed by atoms with Gasteiger partial charge in [0.25, 0.3) is 0 Å². The third-order valence-corrected chi connectivity index (χ3v) is 4.76. The molecule has 1 saturated carbocycles. The highest BCUT2D eigenvalue weighted by atomic mass is 32.1. The number of anilines is 1. The summed E-state index contributed by atoms with van der Waals surface area (Å²) in [6.45, 7) is 3.42. The molecule has 96 valence electrons. The Balaban J connectivity index is 1.67. The molecular formula is C14H19N3S. The lowest BCUT2D eigenvalue weighted by atomic mass is 9.82. The summed E-state index contributed by atoms with van der Waals surface area (Å²) in [5.74, 6) is 2.70. The molecule has 0 saturated heterocycles. The molecule has 2 aromatic heterocycles. The van der Waals surface area contributed by atoms with Crippen molar-refractivity contribution in [3.8, 4) is 0 Å². The predicted molar refractivity (Wildman–Crippen MR) is 77.0 cm³/mol. The summed E-state index contributed by atoms with van der Waals surface area (Å²) >= 11 is 1.71. The number of hydrogen-bond donors (Lipinski definition) is 1. The Morgan fingerprint density at radius 1 is 1.39 bits per heavy atom. The van der Waals surface area contributed by atoms with E-state index in [1.54, 1.807) is 17.7 Å². The van der Waals surface area contributed by atoms with E-state index in [-0.39, 0.29) is 0 Å². The molecule has 3 rings (SSSR count). The zero-order valence-electron chi connectivity index (χ0n) is 10.7. The van der Waals surface area contributed by atoms with Crippen molar-refractivity contribution >= 4 is 27.4 Å². The van der Waals surface area contributed by atoms with Gasteiger partial charge in [0.05, 0.1) is 10.2 Å². The topological polar surface area (TPSA) is 37.8 Å². The van der Waals surface area contributed by atoms with Crippen LogP contribution < -0.4 is 5.32 Å². The van der Waals surface area contributed by atoms with Crippen LogP contribution in [0.2, 0.25) is 0 Å². The highest BCUT2D eigenvalue weighted by molar-refractivity contribution is 7.17. The van der Waals surface area contributed by atoms with Crippen molar-refractivity contribution in [2.75, 3.05) is 11.9 Å². The average Bonchev–Trinajstić information content (AvgIpc) is 2.85. The van der Waals surface area contributed by atoms with Crippen LogP contribution in [0.3, 0.4) is 0 Å². The maximum Gasteiger partial charge on any atom is 0.147 e. The van der Waals surface area contributed by atoms with Crippen LogP contribution in [0.1, 0.15) is 32.6 Å². The fraction of sp³-hybridized carbons (Fsp3) is 0.571. The molecule has 2 atom stereocenters. The number of fused-ring (bicyclic) bond motifs is 1. The van der Waals surface area contributed by atoms with E-state index < -0.39 is 0 Å². The van der Waals surface area contributed by atoms with E-state index in [1.165, 1.54) is 30.4 Å². The highest BCUT2D eigenvalue weighted by Gasteiger charge is 2.19. The molecule has 0 aliphatic heterocycles. The first-order chi connectivity index (χ1) is 8.83. The molecule has 0 radical (unpaired) electrons. The fourth-order valence-corrected chi connectivity index (χ4v) is 3.71. The van der Waals surface area contributed by atoms with Crippen molar-refractivity contribution in [3.63, 3.8) is 0 Å². The van der Waals surface area contributed by atoms with Crippen molar-refractivity contribution in [2.45, 2.75) is 32.6 Å². The van der Waals surface area contributed by atoms with E-state index >= 15 is 0 Å². The first kappa shape index (κ1) is 11.9. The average molecular weight is 261 g/mol. The van der Waals surface area contributed by atoms with E-state index in [9.17, 15) is 0 Å². The van der Waals surface area contributed by atoms with Gasteiger partial charge >= 0.3 is 0 Å². The lowest BCUT2D eigenvalue weighted by Crippen LogP contribution is -2.21. The third kappa shape index (κ3) is 2.48. The predicted octanol–water partition coefficient (Wildman–Crippen LogP) is 3.93. The Morgan fingerprint density at radius 3 is 3.22 bits per heavy atom. The van der Waals surface area contributed by atoms with Gasteiger partial charge in [0, 0.05) is 6.54 Å². The molecule has 18 heavy (non-hydrogen) atoms. The van der Waals surface area contributed by atoms with Gasteiger partial charge in [0.2, 0.25) is 0 Å². The zero-order valence-corrected chi connectivity index (χ0v) is 11.5. The summed E-state index contributed by atoms with van der Waals surface area (Å²) in [5.41, 5.74) is 1.05. The quantitative estimate of drug-likeness (QED) is 0.909. The van der Waals surface area contributed by atoms with Crippen molar-refractivity contribution in [3.05, 3.63) is 17.8 Å². The Morgan fingerprint density at radius 2 is 2.33 bits per heavy atom. The minimum atomic E-state index is 0.804. The van der Waals surface area contributed by atoms with E-state index in [2.05, 4.69) is 33.7 Å². The summed E-state index contributed by atoms with van der Waals surface area (Å²) < 4.78 is 1.18. The number of aromatic nitrogens is 2. The molecule has 0 spiro atoms.